The highest BCUT2D eigenvalue weighted by molar-refractivity contribution is 5.66. The van der Waals surface area contributed by atoms with Crippen molar-refractivity contribution in [1.82, 2.24) is 0 Å². The van der Waals surface area contributed by atoms with Gasteiger partial charge in [-0.05, 0) is 22.6 Å². The molecule has 0 fully saturated rings. The van der Waals surface area contributed by atoms with Gasteiger partial charge in [-0.1, -0.05) is 45.0 Å². The molecule has 0 bridgehead atoms. The number of esters is 1. The van der Waals surface area contributed by atoms with Gasteiger partial charge in [-0.3, -0.25) is 4.79 Å². The average Bonchev–Trinajstić information content (AvgIpc) is 2.88. The van der Waals surface area contributed by atoms with Crippen LogP contribution >= 0.6 is 0 Å². The predicted octanol–water partition coefficient (Wildman–Crippen LogP) is 4.23. The van der Waals surface area contributed by atoms with E-state index in [1.807, 2.05) is 18.2 Å². The Bertz CT molecular complexity index is 559. The quantitative estimate of drug-likeness (QED) is 0.785. The summed E-state index contributed by atoms with van der Waals surface area (Å²) >= 11 is 0. The molecular formula is C17H20O3. The van der Waals surface area contributed by atoms with Crippen LogP contribution in [0.5, 0.6) is 0 Å². The SMILES string of the molecule is CC(=O)O[C@@H](c1ccc(C(C)(C)C)cc1)c1ccoc1. The number of furan rings is 1. The molecular weight excluding hydrogens is 252 g/mol. The number of rotatable bonds is 3. The Morgan fingerprint density at radius 1 is 1.10 bits per heavy atom. The molecule has 0 aliphatic heterocycles. The fourth-order valence-corrected chi connectivity index (χ4v) is 2.08. The molecule has 3 nitrogen and oxygen atoms in total. The van der Waals surface area contributed by atoms with Crippen molar-refractivity contribution in [2.75, 3.05) is 0 Å². The van der Waals surface area contributed by atoms with E-state index in [2.05, 4.69) is 32.9 Å². The maximum atomic E-state index is 11.3. The number of hydrogen-bond acceptors (Lipinski definition) is 3. The second-order valence-corrected chi connectivity index (χ2v) is 5.92. The Morgan fingerprint density at radius 2 is 1.75 bits per heavy atom. The van der Waals surface area contributed by atoms with Gasteiger partial charge in [0.05, 0.1) is 12.5 Å². The second kappa shape index (κ2) is 5.53. The lowest BCUT2D eigenvalue weighted by Gasteiger charge is -2.21. The number of carbonyl (C=O) groups is 1. The van der Waals surface area contributed by atoms with E-state index in [1.54, 1.807) is 12.5 Å². The Kier molecular flexibility index (Phi) is 3.98. The molecule has 0 unspecified atom stereocenters. The van der Waals surface area contributed by atoms with Crippen LogP contribution in [0.25, 0.3) is 0 Å². The number of ether oxygens (including phenoxy) is 1. The summed E-state index contributed by atoms with van der Waals surface area (Å²) in [5.74, 6) is -0.309. The minimum absolute atomic E-state index is 0.102. The first-order chi connectivity index (χ1) is 9.38. The van der Waals surface area contributed by atoms with Gasteiger partial charge in [-0.15, -0.1) is 0 Å². The summed E-state index contributed by atoms with van der Waals surface area (Å²) in [5, 5.41) is 0. The van der Waals surface area contributed by atoms with Crippen molar-refractivity contribution in [1.29, 1.82) is 0 Å². The highest BCUT2D eigenvalue weighted by Gasteiger charge is 2.20. The van der Waals surface area contributed by atoms with Gasteiger partial charge in [0.25, 0.3) is 0 Å². The van der Waals surface area contributed by atoms with Gasteiger partial charge in [0.15, 0.2) is 6.10 Å². The van der Waals surface area contributed by atoms with E-state index >= 15 is 0 Å². The van der Waals surface area contributed by atoms with E-state index in [-0.39, 0.29) is 11.4 Å². The van der Waals surface area contributed by atoms with Crippen LogP contribution in [0.1, 0.15) is 50.5 Å². The van der Waals surface area contributed by atoms with E-state index in [0.29, 0.717) is 0 Å². The Hall–Kier alpha value is -2.03. The lowest BCUT2D eigenvalue weighted by molar-refractivity contribution is -0.144. The molecule has 2 aromatic rings. The molecule has 1 heterocycles. The molecule has 1 aromatic carbocycles. The largest absolute Gasteiger partial charge is 0.472 e. The van der Waals surface area contributed by atoms with Crippen molar-refractivity contribution in [2.24, 2.45) is 0 Å². The molecule has 3 heteroatoms. The fourth-order valence-electron chi connectivity index (χ4n) is 2.08. The maximum Gasteiger partial charge on any atom is 0.303 e. The van der Waals surface area contributed by atoms with Gasteiger partial charge in [0, 0.05) is 12.5 Å². The number of benzene rings is 1. The van der Waals surface area contributed by atoms with Crippen molar-refractivity contribution >= 4 is 5.97 Å². The molecule has 0 saturated carbocycles. The van der Waals surface area contributed by atoms with Gasteiger partial charge in [0.1, 0.15) is 0 Å². The van der Waals surface area contributed by atoms with Crippen molar-refractivity contribution < 1.29 is 13.9 Å². The zero-order valence-corrected chi connectivity index (χ0v) is 12.3. The molecule has 0 aliphatic carbocycles. The molecule has 0 spiro atoms. The lowest BCUT2D eigenvalue weighted by Crippen LogP contribution is -2.12. The zero-order valence-electron chi connectivity index (χ0n) is 12.3. The van der Waals surface area contributed by atoms with E-state index in [1.165, 1.54) is 12.5 Å². The summed E-state index contributed by atoms with van der Waals surface area (Å²) in [7, 11) is 0. The molecule has 106 valence electrons. The predicted molar refractivity (Wildman–Crippen MR) is 77.5 cm³/mol. The first-order valence-corrected chi connectivity index (χ1v) is 6.67. The first kappa shape index (κ1) is 14.4. The third-order valence-electron chi connectivity index (χ3n) is 3.21. The van der Waals surface area contributed by atoms with Gasteiger partial charge in [0.2, 0.25) is 0 Å². The molecule has 2 rings (SSSR count). The molecule has 1 atom stereocenters. The van der Waals surface area contributed by atoms with Crippen LogP contribution in [0, 0.1) is 0 Å². The van der Waals surface area contributed by atoms with Crippen LogP contribution in [-0.2, 0) is 14.9 Å². The minimum Gasteiger partial charge on any atom is -0.472 e. The maximum absolute atomic E-state index is 11.3. The van der Waals surface area contributed by atoms with Crippen LogP contribution in [0.2, 0.25) is 0 Å². The molecule has 0 saturated heterocycles. The van der Waals surface area contributed by atoms with Gasteiger partial charge in [-0.25, -0.2) is 0 Å². The Morgan fingerprint density at radius 3 is 2.20 bits per heavy atom. The lowest BCUT2D eigenvalue weighted by atomic mass is 9.86. The minimum atomic E-state index is -0.416. The molecule has 20 heavy (non-hydrogen) atoms. The highest BCUT2D eigenvalue weighted by atomic mass is 16.5. The molecule has 1 aromatic heterocycles. The topological polar surface area (TPSA) is 39.4 Å². The van der Waals surface area contributed by atoms with E-state index in [0.717, 1.165) is 11.1 Å². The molecule has 0 aliphatic rings. The number of hydrogen-bond donors (Lipinski definition) is 0. The summed E-state index contributed by atoms with van der Waals surface area (Å²) < 4.78 is 10.5. The van der Waals surface area contributed by atoms with Gasteiger partial charge in [-0.2, -0.15) is 0 Å². The van der Waals surface area contributed by atoms with E-state index in [4.69, 9.17) is 9.15 Å². The van der Waals surface area contributed by atoms with Crippen LogP contribution in [-0.4, -0.2) is 5.97 Å². The van der Waals surface area contributed by atoms with Crippen molar-refractivity contribution in [3.05, 3.63) is 59.5 Å². The molecule has 0 radical (unpaired) electrons. The van der Waals surface area contributed by atoms with Crippen molar-refractivity contribution in [2.45, 2.75) is 39.2 Å². The summed E-state index contributed by atoms with van der Waals surface area (Å²) in [6.07, 6.45) is 2.76. The normalized spacial score (nSPS) is 13.0. The fraction of sp³-hybridized carbons (Fsp3) is 0.353. The van der Waals surface area contributed by atoms with Crippen molar-refractivity contribution in [3.8, 4) is 0 Å². The monoisotopic (exact) mass is 272 g/mol. The summed E-state index contributed by atoms with van der Waals surface area (Å²) in [6, 6.07) is 9.96. The van der Waals surface area contributed by atoms with Gasteiger partial charge >= 0.3 is 5.97 Å². The van der Waals surface area contributed by atoms with Crippen LogP contribution < -0.4 is 0 Å². The number of carbonyl (C=O) groups excluding carboxylic acids is 1. The standard InChI is InChI=1S/C17H20O3/c1-12(18)20-16(14-9-10-19-11-14)13-5-7-15(8-6-13)17(2,3)4/h5-11,16H,1-4H3/t16-/m0/s1. The molecule has 0 N–H and O–H groups in total. The highest BCUT2D eigenvalue weighted by Crippen LogP contribution is 2.29. The van der Waals surface area contributed by atoms with Gasteiger partial charge < -0.3 is 9.15 Å². The summed E-state index contributed by atoms with van der Waals surface area (Å²) in [6.45, 7) is 7.92. The first-order valence-electron chi connectivity index (χ1n) is 6.67. The Labute approximate surface area is 119 Å². The third kappa shape index (κ3) is 3.29. The smallest absolute Gasteiger partial charge is 0.303 e. The van der Waals surface area contributed by atoms with E-state index < -0.39 is 6.10 Å². The van der Waals surface area contributed by atoms with Crippen LogP contribution in [0.15, 0.2) is 47.3 Å². The second-order valence-electron chi connectivity index (χ2n) is 5.92. The van der Waals surface area contributed by atoms with Crippen LogP contribution in [0.4, 0.5) is 0 Å². The zero-order chi connectivity index (χ0) is 14.8. The summed E-state index contributed by atoms with van der Waals surface area (Å²) in [4.78, 5) is 11.3. The summed E-state index contributed by atoms with van der Waals surface area (Å²) in [5.41, 5.74) is 3.12. The van der Waals surface area contributed by atoms with Crippen LogP contribution in [0.3, 0.4) is 0 Å². The third-order valence-corrected chi connectivity index (χ3v) is 3.21. The Balaban J connectivity index is 2.32. The average molecular weight is 272 g/mol. The van der Waals surface area contributed by atoms with Crippen molar-refractivity contribution in [3.63, 3.8) is 0 Å². The van der Waals surface area contributed by atoms with E-state index in [9.17, 15) is 4.79 Å². The molecule has 0 amide bonds.